The summed E-state index contributed by atoms with van der Waals surface area (Å²) in [5, 5.41) is 11.6. The average molecular weight is 381 g/mol. The molecule has 140 valence electrons. The third kappa shape index (κ3) is 3.56. The van der Waals surface area contributed by atoms with Crippen LogP contribution in [0.4, 0.5) is 0 Å². The number of nitrogens with one attached hydrogen (secondary N) is 1. The number of carbonyl (C=O) groups excluding carboxylic acids is 2. The van der Waals surface area contributed by atoms with E-state index >= 15 is 0 Å². The van der Waals surface area contributed by atoms with Gasteiger partial charge in [-0.15, -0.1) is 0 Å². The maximum absolute atomic E-state index is 12.7. The number of nitrogens with zero attached hydrogens (tertiary/aromatic N) is 2. The van der Waals surface area contributed by atoms with E-state index in [1.165, 1.54) is 29.2 Å². The van der Waals surface area contributed by atoms with Gasteiger partial charge in [0.2, 0.25) is 15.9 Å². The first-order valence-electron chi connectivity index (χ1n) is 8.18. The van der Waals surface area contributed by atoms with Crippen molar-refractivity contribution in [2.45, 2.75) is 11.3 Å². The smallest absolute Gasteiger partial charge is 0.308 e. The van der Waals surface area contributed by atoms with E-state index in [0.717, 1.165) is 4.31 Å². The van der Waals surface area contributed by atoms with Crippen molar-refractivity contribution in [3.05, 3.63) is 29.8 Å². The van der Waals surface area contributed by atoms with Gasteiger partial charge in [0.25, 0.3) is 5.91 Å². The van der Waals surface area contributed by atoms with Crippen LogP contribution in [-0.4, -0.2) is 73.2 Å². The highest BCUT2D eigenvalue weighted by Crippen LogP contribution is 2.22. The SMILES string of the molecule is O=C1CN(S(=O)(=O)c2cccc(C(=O)N3CCC(C(=O)O)C3)c2)CCN1. The molecule has 1 unspecified atom stereocenters. The number of aliphatic carboxylic acids is 1. The molecule has 0 radical (unpaired) electrons. The second kappa shape index (κ2) is 7.04. The minimum Gasteiger partial charge on any atom is -0.481 e. The Balaban J connectivity index is 1.81. The minimum absolute atomic E-state index is 0.0629. The second-order valence-electron chi connectivity index (χ2n) is 6.29. The van der Waals surface area contributed by atoms with Crippen LogP contribution in [0.2, 0.25) is 0 Å². The summed E-state index contributed by atoms with van der Waals surface area (Å²) in [6.45, 7) is 0.573. The van der Waals surface area contributed by atoms with Crippen molar-refractivity contribution < 1.29 is 27.9 Å². The van der Waals surface area contributed by atoms with Gasteiger partial charge in [-0.25, -0.2) is 8.42 Å². The van der Waals surface area contributed by atoms with Gasteiger partial charge < -0.3 is 15.3 Å². The standard InChI is InChI=1S/C16H19N3O6S/c20-14-10-19(7-5-17-14)26(24,25)13-3-1-2-11(8-13)15(21)18-6-4-12(9-18)16(22)23/h1-3,8,12H,4-7,9-10H2,(H,17,20)(H,22,23). The van der Waals surface area contributed by atoms with E-state index in [-0.39, 0.29) is 42.5 Å². The Labute approximate surface area is 150 Å². The quantitative estimate of drug-likeness (QED) is 0.715. The lowest BCUT2D eigenvalue weighted by Crippen LogP contribution is -2.49. The molecule has 1 aromatic carbocycles. The molecular weight excluding hydrogens is 362 g/mol. The normalized spacial score (nSPS) is 21.5. The topological polar surface area (TPSA) is 124 Å². The summed E-state index contributed by atoms with van der Waals surface area (Å²) in [6.07, 6.45) is 0.377. The number of carboxylic acid groups (broad SMARTS) is 1. The summed E-state index contributed by atoms with van der Waals surface area (Å²) in [5.41, 5.74) is 0.179. The van der Waals surface area contributed by atoms with Gasteiger partial charge in [-0.3, -0.25) is 14.4 Å². The zero-order chi connectivity index (χ0) is 18.9. The highest BCUT2D eigenvalue weighted by molar-refractivity contribution is 7.89. The number of piperazine rings is 1. The van der Waals surface area contributed by atoms with Crippen molar-refractivity contribution in [2.24, 2.45) is 5.92 Å². The van der Waals surface area contributed by atoms with Gasteiger partial charge in [0, 0.05) is 31.7 Å². The molecule has 1 atom stereocenters. The van der Waals surface area contributed by atoms with E-state index in [1.807, 2.05) is 0 Å². The van der Waals surface area contributed by atoms with Gasteiger partial charge >= 0.3 is 5.97 Å². The van der Waals surface area contributed by atoms with Gasteiger partial charge in [0.1, 0.15) is 0 Å². The molecule has 0 spiro atoms. The zero-order valence-electron chi connectivity index (χ0n) is 13.9. The number of hydrogen-bond acceptors (Lipinski definition) is 5. The zero-order valence-corrected chi connectivity index (χ0v) is 14.7. The number of carbonyl (C=O) groups is 3. The van der Waals surface area contributed by atoms with Crippen LogP contribution in [0.3, 0.4) is 0 Å². The van der Waals surface area contributed by atoms with Crippen molar-refractivity contribution in [2.75, 3.05) is 32.7 Å². The monoisotopic (exact) mass is 381 g/mol. The fraction of sp³-hybridized carbons (Fsp3) is 0.438. The van der Waals surface area contributed by atoms with Crippen LogP contribution in [0.25, 0.3) is 0 Å². The molecule has 2 amide bonds. The average Bonchev–Trinajstić information content (AvgIpc) is 3.11. The molecule has 0 bridgehead atoms. The highest BCUT2D eigenvalue weighted by atomic mass is 32.2. The van der Waals surface area contributed by atoms with Crippen LogP contribution in [0.5, 0.6) is 0 Å². The fourth-order valence-electron chi connectivity index (χ4n) is 3.09. The molecule has 0 saturated carbocycles. The number of sulfonamides is 1. The van der Waals surface area contributed by atoms with Crippen LogP contribution in [0.15, 0.2) is 29.2 Å². The van der Waals surface area contributed by atoms with E-state index in [9.17, 15) is 22.8 Å². The molecule has 2 heterocycles. The molecular formula is C16H19N3O6S. The number of amides is 2. The van der Waals surface area contributed by atoms with Crippen LogP contribution in [0.1, 0.15) is 16.8 Å². The predicted molar refractivity (Wildman–Crippen MR) is 89.9 cm³/mol. The Kier molecular flexibility index (Phi) is 4.97. The van der Waals surface area contributed by atoms with Gasteiger partial charge in [-0.2, -0.15) is 4.31 Å². The largest absolute Gasteiger partial charge is 0.481 e. The fourth-order valence-corrected chi connectivity index (χ4v) is 4.53. The van der Waals surface area contributed by atoms with Crippen molar-refractivity contribution in [3.63, 3.8) is 0 Å². The lowest BCUT2D eigenvalue weighted by Gasteiger charge is -2.26. The van der Waals surface area contributed by atoms with Crippen molar-refractivity contribution in [1.29, 1.82) is 0 Å². The van der Waals surface area contributed by atoms with Gasteiger partial charge in [0.15, 0.2) is 0 Å². The molecule has 2 fully saturated rings. The maximum atomic E-state index is 12.7. The molecule has 3 rings (SSSR count). The Hall–Kier alpha value is -2.46. The van der Waals surface area contributed by atoms with Crippen LogP contribution in [0, 0.1) is 5.92 Å². The molecule has 9 nitrogen and oxygen atoms in total. The predicted octanol–water partition coefficient (Wildman–Crippen LogP) is -0.646. The Morgan fingerprint density at radius 3 is 2.65 bits per heavy atom. The number of rotatable bonds is 4. The van der Waals surface area contributed by atoms with E-state index in [0.29, 0.717) is 13.0 Å². The molecule has 2 saturated heterocycles. The summed E-state index contributed by atoms with van der Waals surface area (Å²) < 4.78 is 26.5. The lowest BCUT2D eigenvalue weighted by molar-refractivity contribution is -0.141. The van der Waals surface area contributed by atoms with E-state index in [1.54, 1.807) is 0 Å². The first kappa shape index (κ1) is 18.3. The Morgan fingerprint density at radius 1 is 1.23 bits per heavy atom. The van der Waals surface area contributed by atoms with Gasteiger partial charge in [-0.1, -0.05) is 6.07 Å². The minimum atomic E-state index is -3.89. The van der Waals surface area contributed by atoms with E-state index in [4.69, 9.17) is 5.11 Å². The summed E-state index contributed by atoms with van der Waals surface area (Å²) in [5.74, 6) is -2.32. The van der Waals surface area contributed by atoms with Crippen LogP contribution < -0.4 is 5.32 Å². The van der Waals surface area contributed by atoms with Gasteiger partial charge in [0.05, 0.1) is 17.4 Å². The highest BCUT2D eigenvalue weighted by Gasteiger charge is 2.33. The first-order valence-corrected chi connectivity index (χ1v) is 9.62. The first-order chi connectivity index (χ1) is 12.3. The van der Waals surface area contributed by atoms with Gasteiger partial charge in [-0.05, 0) is 24.6 Å². The third-order valence-electron chi connectivity index (χ3n) is 4.55. The Bertz CT molecular complexity index is 853. The molecule has 2 aliphatic heterocycles. The molecule has 0 aromatic heterocycles. The summed E-state index contributed by atoms with van der Waals surface area (Å²) in [6, 6.07) is 5.62. The molecule has 2 N–H and O–H groups in total. The maximum Gasteiger partial charge on any atom is 0.308 e. The number of likely N-dealkylation sites (tertiary alicyclic amines) is 1. The second-order valence-corrected chi connectivity index (χ2v) is 8.23. The summed E-state index contributed by atoms with van der Waals surface area (Å²) in [7, 11) is -3.89. The Morgan fingerprint density at radius 2 is 2.00 bits per heavy atom. The number of hydrogen-bond donors (Lipinski definition) is 2. The summed E-state index contributed by atoms with van der Waals surface area (Å²) >= 11 is 0. The third-order valence-corrected chi connectivity index (χ3v) is 6.39. The van der Waals surface area contributed by atoms with Crippen molar-refractivity contribution in [3.8, 4) is 0 Å². The van der Waals surface area contributed by atoms with Crippen LogP contribution >= 0.6 is 0 Å². The lowest BCUT2D eigenvalue weighted by atomic mass is 10.1. The molecule has 2 aliphatic rings. The van der Waals surface area contributed by atoms with Crippen molar-refractivity contribution >= 4 is 27.8 Å². The molecule has 0 aliphatic carbocycles. The number of carboxylic acids is 1. The number of benzene rings is 1. The van der Waals surface area contributed by atoms with E-state index in [2.05, 4.69) is 5.32 Å². The molecule has 1 aromatic rings. The molecule has 26 heavy (non-hydrogen) atoms. The summed E-state index contributed by atoms with van der Waals surface area (Å²) in [4.78, 5) is 36.4. The van der Waals surface area contributed by atoms with E-state index < -0.39 is 27.8 Å². The van der Waals surface area contributed by atoms with Crippen molar-refractivity contribution in [1.82, 2.24) is 14.5 Å². The van der Waals surface area contributed by atoms with Crippen LogP contribution in [-0.2, 0) is 19.6 Å². The molecule has 10 heteroatoms.